The Balaban J connectivity index is 4.53. The zero-order chi connectivity index (χ0) is 9.61. The Morgan fingerprint density at radius 1 is 1.42 bits per heavy atom. The standard InChI is InChI=1S/C10H18N2/c1-6-11-8-9(12-7-2)10(3,4)5/h6-8,12H,2H2,1,3-5H3/b9-8-,11-6?. The predicted molar refractivity (Wildman–Crippen MR) is 55.0 cm³/mol. The van der Waals surface area contributed by atoms with Crippen molar-refractivity contribution in [1.82, 2.24) is 5.32 Å². The molecular weight excluding hydrogens is 148 g/mol. The van der Waals surface area contributed by atoms with E-state index in [2.05, 4.69) is 37.7 Å². The van der Waals surface area contributed by atoms with Crippen molar-refractivity contribution in [3.05, 3.63) is 24.7 Å². The molecule has 0 aromatic rings. The van der Waals surface area contributed by atoms with Crippen molar-refractivity contribution in [2.24, 2.45) is 10.4 Å². The minimum atomic E-state index is 0.0840. The van der Waals surface area contributed by atoms with Crippen molar-refractivity contribution in [1.29, 1.82) is 0 Å². The van der Waals surface area contributed by atoms with Crippen molar-refractivity contribution < 1.29 is 0 Å². The van der Waals surface area contributed by atoms with E-state index in [-0.39, 0.29) is 5.41 Å². The number of allylic oxidation sites excluding steroid dienone is 1. The Morgan fingerprint density at radius 3 is 2.33 bits per heavy atom. The second-order valence-corrected chi connectivity index (χ2v) is 3.55. The summed E-state index contributed by atoms with van der Waals surface area (Å²) < 4.78 is 0. The maximum Gasteiger partial charge on any atom is 0.0462 e. The summed E-state index contributed by atoms with van der Waals surface area (Å²) in [5.74, 6) is 0. The maximum atomic E-state index is 4.06. The topological polar surface area (TPSA) is 24.4 Å². The lowest BCUT2D eigenvalue weighted by molar-refractivity contribution is 0.477. The van der Waals surface area contributed by atoms with Crippen LogP contribution >= 0.6 is 0 Å². The first kappa shape index (κ1) is 11.0. The van der Waals surface area contributed by atoms with Crippen LogP contribution in [0.25, 0.3) is 0 Å². The van der Waals surface area contributed by atoms with Gasteiger partial charge in [0.25, 0.3) is 0 Å². The second-order valence-electron chi connectivity index (χ2n) is 3.55. The molecule has 2 heteroatoms. The molecule has 0 heterocycles. The molecule has 0 rings (SSSR count). The highest BCUT2D eigenvalue weighted by molar-refractivity contribution is 5.54. The van der Waals surface area contributed by atoms with Crippen LogP contribution in [-0.4, -0.2) is 6.21 Å². The zero-order valence-electron chi connectivity index (χ0n) is 8.39. The Hall–Kier alpha value is -1.05. The van der Waals surface area contributed by atoms with Gasteiger partial charge in [0.1, 0.15) is 0 Å². The van der Waals surface area contributed by atoms with Gasteiger partial charge in [0.05, 0.1) is 0 Å². The quantitative estimate of drug-likeness (QED) is 0.640. The monoisotopic (exact) mass is 166 g/mol. The van der Waals surface area contributed by atoms with Crippen LogP contribution in [0.2, 0.25) is 0 Å². The molecule has 0 fully saturated rings. The molecule has 0 aliphatic carbocycles. The molecule has 0 aromatic carbocycles. The fourth-order valence-electron chi connectivity index (χ4n) is 0.706. The predicted octanol–water partition coefficient (Wildman–Crippen LogP) is 2.70. The van der Waals surface area contributed by atoms with Crippen LogP contribution in [0.4, 0.5) is 0 Å². The smallest absolute Gasteiger partial charge is 0.0462 e. The molecule has 0 spiro atoms. The molecule has 1 N–H and O–H groups in total. The van der Waals surface area contributed by atoms with Gasteiger partial charge in [0.15, 0.2) is 0 Å². The molecule has 0 bridgehead atoms. The molecule has 0 aromatic heterocycles. The largest absolute Gasteiger partial charge is 0.364 e. The van der Waals surface area contributed by atoms with Crippen molar-refractivity contribution >= 4 is 6.21 Å². The van der Waals surface area contributed by atoms with E-state index in [4.69, 9.17) is 0 Å². The normalized spacial score (nSPS) is 13.5. The van der Waals surface area contributed by atoms with E-state index in [1.54, 1.807) is 12.4 Å². The highest BCUT2D eigenvalue weighted by atomic mass is 14.9. The van der Waals surface area contributed by atoms with Crippen molar-refractivity contribution in [3.8, 4) is 0 Å². The minimum absolute atomic E-state index is 0.0840. The zero-order valence-corrected chi connectivity index (χ0v) is 8.39. The third-order valence-corrected chi connectivity index (χ3v) is 1.42. The number of hydrogen-bond acceptors (Lipinski definition) is 2. The Labute approximate surface area is 75.1 Å². The van der Waals surface area contributed by atoms with Crippen molar-refractivity contribution in [2.45, 2.75) is 27.7 Å². The Morgan fingerprint density at radius 2 is 2.00 bits per heavy atom. The molecule has 0 amide bonds. The van der Waals surface area contributed by atoms with Crippen molar-refractivity contribution in [3.63, 3.8) is 0 Å². The lowest BCUT2D eigenvalue weighted by atomic mass is 9.92. The van der Waals surface area contributed by atoms with Gasteiger partial charge in [0.2, 0.25) is 0 Å². The lowest BCUT2D eigenvalue weighted by Crippen LogP contribution is -2.19. The number of aliphatic imine (C=N–C) groups is 1. The molecule has 0 aliphatic rings. The summed E-state index contributed by atoms with van der Waals surface area (Å²) in [5.41, 5.74) is 1.15. The summed E-state index contributed by atoms with van der Waals surface area (Å²) in [5, 5.41) is 3.07. The summed E-state index contributed by atoms with van der Waals surface area (Å²) in [6.45, 7) is 11.9. The first-order valence-electron chi connectivity index (χ1n) is 4.08. The number of nitrogens with one attached hydrogen (secondary N) is 1. The molecule has 0 unspecified atom stereocenters. The van der Waals surface area contributed by atoms with Gasteiger partial charge in [-0.05, 0) is 13.1 Å². The average molecular weight is 166 g/mol. The minimum Gasteiger partial charge on any atom is -0.364 e. The second kappa shape index (κ2) is 4.75. The number of rotatable bonds is 3. The van der Waals surface area contributed by atoms with Gasteiger partial charge in [-0.15, -0.1) is 0 Å². The highest BCUT2D eigenvalue weighted by Gasteiger charge is 2.15. The van der Waals surface area contributed by atoms with Gasteiger partial charge < -0.3 is 5.32 Å². The number of nitrogens with zero attached hydrogens (tertiary/aromatic N) is 1. The van der Waals surface area contributed by atoms with Gasteiger partial charge in [-0.3, -0.25) is 4.99 Å². The summed E-state index contributed by atoms with van der Waals surface area (Å²) in [6, 6.07) is 0. The Kier molecular flexibility index (Phi) is 4.34. The first-order valence-corrected chi connectivity index (χ1v) is 4.08. The first-order chi connectivity index (χ1) is 5.52. The van der Waals surface area contributed by atoms with E-state index in [1.807, 2.05) is 13.1 Å². The molecule has 0 aliphatic heterocycles. The molecule has 12 heavy (non-hydrogen) atoms. The number of hydrogen-bond donors (Lipinski definition) is 1. The van der Waals surface area contributed by atoms with E-state index in [0.29, 0.717) is 0 Å². The van der Waals surface area contributed by atoms with Crippen LogP contribution in [-0.2, 0) is 0 Å². The van der Waals surface area contributed by atoms with Crippen LogP contribution in [0, 0.1) is 5.41 Å². The fraction of sp³-hybridized carbons (Fsp3) is 0.500. The third-order valence-electron chi connectivity index (χ3n) is 1.42. The Bertz CT molecular complexity index is 194. The molecule has 0 saturated heterocycles. The third kappa shape index (κ3) is 3.96. The van der Waals surface area contributed by atoms with E-state index >= 15 is 0 Å². The van der Waals surface area contributed by atoms with Gasteiger partial charge >= 0.3 is 0 Å². The lowest BCUT2D eigenvalue weighted by Gasteiger charge is -2.21. The maximum absolute atomic E-state index is 4.06. The highest BCUT2D eigenvalue weighted by Crippen LogP contribution is 2.22. The van der Waals surface area contributed by atoms with Crippen LogP contribution in [0.15, 0.2) is 29.7 Å². The van der Waals surface area contributed by atoms with Crippen LogP contribution in [0.1, 0.15) is 27.7 Å². The molecule has 0 atom stereocenters. The molecule has 68 valence electrons. The van der Waals surface area contributed by atoms with Crippen LogP contribution in [0.5, 0.6) is 0 Å². The van der Waals surface area contributed by atoms with E-state index in [1.165, 1.54) is 0 Å². The summed E-state index contributed by atoms with van der Waals surface area (Å²) >= 11 is 0. The molecule has 2 nitrogen and oxygen atoms in total. The van der Waals surface area contributed by atoms with Gasteiger partial charge in [-0.1, -0.05) is 27.4 Å². The summed E-state index contributed by atoms with van der Waals surface area (Å²) in [6.07, 6.45) is 5.25. The average Bonchev–Trinajstić information content (AvgIpc) is 1.95. The van der Waals surface area contributed by atoms with Gasteiger partial charge in [-0.25, -0.2) is 0 Å². The fourth-order valence-corrected chi connectivity index (χ4v) is 0.706. The van der Waals surface area contributed by atoms with Crippen LogP contribution < -0.4 is 5.32 Å². The SMILES string of the molecule is C=CN/C(=C\N=CC)C(C)(C)C. The van der Waals surface area contributed by atoms with Gasteiger partial charge in [-0.2, -0.15) is 0 Å². The van der Waals surface area contributed by atoms with E-state index in [0.717, 1.165) is 5.70 Å². The molecule has 0 radical (unpaired) electrons. The van der Waals surface area contributed by atoms with E-state index in [9.17, 15) is 0 Å². The molecular formula is C10H18N2. The molecule has 0 saturated carbocycles. The summed E-state index contributed by atoms with van der Waals surface area (Å²) in [7, 11) is 0. The summed E-state index contributed by atoms with van der Waals surface area (Å²) in [4.78, 5) is 4.06. The van der Waals surface area contributed by atoms with Crippen molar-refractivity contribution in [2.75, 3.05) is 0 Å². The van der Waals surface area contributed by atoms with E-state index < -0.39 is 0 Å². The van der Waals surface area contributed by atoms with Crippen LogP contribution in [0.3, 0.4) is 0 Å². The van der Waals surface area contributed by atoms with Gasteiger partial charge in [0, 0.05) is 23.5 Å².